The number of aryl methyl sites for hydroxylation is 1. The number of hydrogen-bond donors (Lipinski definition) is 1. The van der Waals surface area contributed by atoms with Gasteiger partial charge in [0.05, 0.1) is 17.2 Å². The van der Waals surface area contributed by atoms with Crippen molar-refractivity contribution in [2.75, 3.05) is 13.6 Å². The number of nitro groups is 1. The third-order valence-electron chi connectivity index (χ3n) is 2.54. The quantitative estimate of drug-likeness (QED) is 0.624. The highest BCUT2D eigenvalue weighted by molar-refractivity contribution is 5.93. The second-order valence-electron chi connectivity index (χ2n) is 4.16. The van der Waals surface area contributed by atoms with Gasteiger partial charge in [-0.05, 0) is 13.8 Å². The predicted octanol–water partition coefficient (Wildman–Crippen LogP) is 0.869. The Kier molecular flexibility index (Phi) is 4.43. The van der Waals surface area contributed by atoms with Crippen molar-refractivity contribution in [3.05, 3.63) is 28.1 Å². The summed E-state index contributed by atoms with van der Waals surface area (Å²) in [7, 11) is 1.55. The number of amides is 1. The van der Waals surface area contributed by atoms with E-state index >= 15 is 0 Å². The fourth-order valence-corrected chi connectivity index (χ4v) is 1.71. The molecule has 0 saturated carbocycles. The molecule has 0 radical (unpaired) electrons. The van der Waals surface area contributed by atoms with E-state index < -0.39 is 11.0 Å². The maximum atomic E-state index is 12.1. The minimum absolute atomic E-state index is 0.106. The van der Waals surface area contributed by atoms with Gasteiger partial charge >= 0.3 is 0 Å². The molecule has 1 N–H and O–H groups in total. The summed E-state index contributed by atoms with van der Waals surface area (Å²) >= 11 is 0. The number of aliphatic hydroxyl groups excluding tert-OH is 1. The van der Waals surface area contributed by atoms with E-state index in [9.17, 15) is 20.0 Å². The summed E-state index contributed by atoms with van der Waals surface area (Å²) < 4.78 is 1.53. The van der Waals surface area contributed by atoms with E-state index in [1.165, 1.54) is 21.7 Å². The van der Waals surface area contributed by atoms with Crippen LogP contribution in [0.5, 0.6) is 0 Å². The molecule has 0 spiro atoms. The van der Waals surface area contributed by atoms with E-state index in [0.717, 1.165) is 0 Å². The zero-order valence-corrected chi connectivity index (χ0v) is 10.7. The fraction of sp³-hybridized carbons (Fsp3) is 0.545. The Balaban J connectivity index is 3.00. The zero-order chi connectivity index (χ0) is 13.9. The lowest BCUT2D eigenvalue weighted by molar-refractivity contribution is -0.384. The van der Waals surface area contributed by atoms with Gasteiger partial charge in [-0.1, -0.05) is 0 Å². The molecule has 1 unspecified atom stereocenters. The molecule has 1 rings (SSSR count). The van der Waals surface area contributed by atoms with Gasteiger partial charge < -0.3 is 14.6 Å². The molecule has 1 aromatic rings. The van der Waals surface area contributed by atoms with E-state index in [2.05, 4.69) is 0 Å². The van der Waals surface area contributed by atoms with Crippen LogP contribution in [0.15, 0.2) is 12.3 Å². The summed E-state index contributed by atoms with van der Waals surface area (Å²) in [6, 6.07) is 1.25. The average molecular weight is 255 g/mol. The van der Waals surface area contributed by atoms with Gasteiger partial charge in [0.25, 0.3) is 11.6 Å². The first-order chi connectivity index (χ1) is 8.36. The van der Waals surface area contributed by atoms with Gasteiger partial charge in [0.1, 0.15) is 5.69 Å². The molecule has 1 aromatic heterocycles. The normalized spacial score (nSPS) is 12.2. The molecule has 18 heavy (non-hydrogen) atoms. The van der Waals surface area contributed by atoms with E-state index in [1.54, 1.807) is 20.9 Å². The Labute approximate surface area is 105 Å². The van der Waals surface area contributed by atoms with Gasteiger partial charge in [-0.15, -0.1) is 0 Å². The number of rotatable bonds is 5. The van der Waals surface area contributed by atoms with Crippen LogP contribution in [0.1, 0.15) is 24.3 Å². The van der Waals surface area contributed by atoms with E-state index in [1.807, 2.05) is 0 Å². The third-order valence-corrected chi connectivity index (χ3v) is 2.54. The third kappa shape index (κ3) is 3.07. The van der Waals surface area contributed by atoms with Crippen LogP contribution in [-0.2, 0) is 6.54 Å². The van der Waals surface area contributed by atoms with Gasteiger partial charge in [0.2, 0.25) is 0 Å². The lowest BCUT2D eigenvalue weighted by Gasteiger charge is -2.19. The number of carbonyl (C=O) groups is 1. The van der Waals surface area contributed by atoms with Crippen LogP contribution in [-0.4, -0.2) is 45.1 Å². The zero-order valence-electron chi connectivity index (χ0n) is 10.7. The van der Waals surface area contributed by atoms with Crippen LogP contribution in [0.4, 0.5) is 5.69 Å². The van der Waals surface area contributed by atoms with Gasteiger partial charge in [-0.2, -0.15) is 0 Å². The maximum Gasteiger partial charge on any atom is 0.287 e. The molecule has 0 saturated heterocycles. The Morgan fingerprint density at radius 3 is 2.72 bits per heavy atom. The van der Waals surface area contributed by atoms with Crippen molar-refractivity contribution in [3.63, 3.8) is 0 Å². The molecule has 7 nitrogen and oxygen atoms in total. The monoisotopic (exact) mass is 255 g/mol. The topological polar surface area (TPSA) is 88.6 Å². The van der Waals surface area contributed by atoms with Crippen molar-refractivity contribution in [1.29, 1.82) is 0 Å². The summed E-state index contributed by atoms with van der Waals surface area (Å²) in [5.41, 5.74) is 0.151. The lowest BCUT2D eigenvalue weighted by atomic mass is 10.3. The van der Waals surface area contributed by atoms with Crippen molar-refractivity contribution >= 4 is 11.6 Å². The number of likely N-dealkylation sites (N-methyl/N-ethyl adjacent to an activating group) is 1. The minimum Gasteiger partial charge on any atom is -0.392 e. The molecule has 1 atom stereocenters. The smallest absolute Gasteiger partial charge is 0.287 e. The van der Waals surface area contributed by atoms with Crippen LogP contribution < -0.4 is 0 Å². The van der Waals surface area contributed by atoms with E-state index in [-0.39, 0.29) is 23.8 Å². The largest absolute Gasteiger partial charge is 0.392 e. The van der Waals surface area contributed by atoms with Gasteiger partial charge in [0, 0.05) is 26.2 Å². The lowest BCUT2D eigenvalue weighted by Crippen LogP contribution is -2.34. The molecule has 0 aliphatic rings. The fourth-order valence-electron chi connectivity index (χ4n) is 1.71. The molecule has 1 amide bonds. The average Bonchev–Trinajstić information content (AvgIpc) is 2.70. The number of aliphatic hydroxyl groups is 1. The number of hydrogen-bond acceptors (Lipinski definition) is 4. The van der Waals surface area contributed by atoms with Gasteiger partial charge in [0.15, 0.2) is 0 Å². The molecule has 0 fully saturated rings. The van der Waals surface area contributed by atoms with Crippen LogP contribution in [0.2, 0.25) is 0 Å². The molecule has 7 heteroatoms. The Morgan fingerprint density at radius 1 is 1.67 bits per heavy atom. The highest BCUT2D eigenvalue weighted by Crippen LogP contribution is 2.17. The Hall–Kier alpha value is -1.89. The molecular formula is C11H17N3O4. The van der Waals surface area contributed by atoms with Crippen LogP contribution in [0.3, 0.4) is 0 Å². The summed E-state index contributed by atoms with van der Waals surface area (Å²) in [6.07, 6.45) is 0.697. The molecule has 100 valence electrons. The first kappa shape index (κ1) is 14.2. The van der Waals surface area contributed by atoms with Gasteiger partial charge in [-0.3, -0.25) is 14.9 Å². The molecule has 0 aromatic carbocycles. The summed E-state index contributed by atoms with van der Waals surface area (Å²) in [5.74, 6) is -0.342. The molecular weight excluding hydrogens is 238 g/mol. The van der Waals surface area contributed by atoms with Crippen LogP contribution in [0, 0.1) is 10.1 Å². The van der Waals surface area contributed by atoms with Crippen molar-refractivity contribution in [2.45, 2.75) is 26.5 Å². The van der Waals surface area contributed by atoms with Crippen molar-refractivity contribution in [2.24, 2.45) is 0 Å². The summed E-state index contributed by atoms with van der Waals surface area (Å²) in [5, 5.41) is 19.9. The van der Waals surface area contributed by atoms with Crippen molar-refractivity contribution in [3.8, 4) is 0 Å². The Morgan fingerprint density at radius 2 is 2.28 bits per heavy atom. The van der Waals surface area contributed by atoms with E-state index in [0.29, 0.717) is 6.54 Å². The number of aromatic nitrogens is 1. The van der Waals surface area contributed by atoms with Crippen LogP contribution >= 0.6 is 0 Å². The SMILES string of the molecule is CCn1cc([N+](=O)[O-])cc1C(=O)N(C)CC(C)O. The highest BCUT2D eigenvalue weighted by Gasteiger charge is 2.21. The predicted molar refractivity (Wildman–Crippen MR) is 65.4 cm³/mol. The number of nitrogens with zero attached hydrogens (tertiary/aromatic N) is 3. The first-order valence-electron chi connectivity index (χ1n) is 5.64. The summed E-state index contributed by atoms with van der Waals surface area (Å²) in [4.78, 5) is 23.6. The number of carbonyl (C=O) groups excluding carboxylic acids is 1. The molecule has 0 aliphatic heterocycles. The molecule has 1 heterocycles. The molecule has 0 aliphatic carbocycles. The van der Waals surface area contributed by atoms with Crippen molar-refractivity contribution in [1.82, 2.24) is 9.47 Å². The maximum absolute atomic E-state index is 12.1. The van der Waals surface area contributed by atoms with E-state index in [4.69, 9.17) is 0 Å². The van der Waals surface area contributed by atoms with Crippen LogP contribution in [0.25, 0.3) is 0 Å². The second kappa shape index (κ2) is 5.63. The first-order valence-corrected chi connectivity index (χ1v) is 5.64. The summed E-state index contributed by atoms with van der Waals surface area (Å²) in [6.45, 7) is 4.03. The highest BCUT2D eigenvalue weighted by atomic mass is 16.6. The second-order valence-corrected chi connectivity index (χ2v) is 4.16. The van der Waals surface area contributed by atoms with Crippen molar-refractivity contribution < 1.29 is 14.8 Å². The standard InChI is InChI=1S/C11H17N3O4/c1-4-13-7-9(14(17)18)5-10(13)11(16)12(3)6-8(2)15/h5,7-8,15H,4,6H2,1-3H3. The Bertz CT molecular complexity index is 453. The van der Waals surface area contributed by atoms with Gasteiger partial charge in [-0.25, -0.2) is 0 Å². The molecule has 0 bridgehead atoms. The minimum atomic E-state index is -0.640.